The molecule has 39 heavy (non-hydrogen) atoms. The van der Waals surface area contributed by atoms with Crippen molar-refractivity contribution in [1.29, 1.82) is 0 Å². The van der Waals surface area contributed by atoms with Gasteiger partial charge < -0.3 is 20.7 Å². The van der Waals surface area contributed by atoms with Crippen LogP contribution >= 0.6 is 11.3 Å². The Balaban J connectivity index is 1.19. The van der Waals surface area contributed by atoms with Crippen molar-refractivity contribution in [2.24, 2.45) is 0 Å². The number of hydrogen-bond acceptors (Lipinski definition) is 7. The third kappa shape index (κ3) is 5.51. The zero-order valence-electron chi connectivity index (χ0n) is 22.5. The lowest BCUT2D eigenvalue weighted by Gasteiger charge is -2.31. The number of rotatable bonds is 7. The zero-order valence-corrected chi connectivity index (χ0v) is 23.3. The largest absolute Gasteiger partial charge is 0.397 e. The van der Waals surface area contributed by atoms with E-state index in [4.69, 9.17) is 15.6 Å². The van der Waals surface area contributed by atoms with E-state index in [1.807, 2.05) is 25.3 Å². The van der Waals surface area contributed by atoms with Crippen molar-refractivity contribution in [2.45, 2.75) is 51.5 Å². The molecule has 6 rings (SSSR count). The van der Waals surface area contributed by atoms with Crippen LogP contribution in [0.25, 0.3) is 21.3 Å². The first kappa shape index (κ1) is 25.8. The summed E-state index contributed by atoms with van der Waals surface area (Å²) < 4.78 is 7.67. The summed E-state index contributed by atoms with van der Waals surface area (Å²) in [5, 5.41) is 8.67. The molecule has 2 aliphatic rings. The van der Waals surface area contributed by atoms with Crippen molar-refractivity contribution in [1.82, 2.24) is 20.1 Å². The number of nitrogens with one attached hydrogen (secondary N) is 1. The van der Waals surface area contributed by atoms with Crippen LogP contribution in [0.3, 0.4) is 0 Å². The first-order valence-electron chi connectivity index (χ1n) is 14.0. The van der Waals surface area contributed by atoms with Gasteiger partial charge in [-0.3, -0.25) is 9.48 Å². The normalized spacial score (nSPS) is 16.6. The quantitative estimate of drug-likeness (QED) is 0.325. The monoisotopic (exact) mass is 544 g/mol. The number of thiophene rings is 1. The number of benzene rings is 1. The second-order valence-corrected chi connectivity index (χ2v) is 11.6. The fraction of sp³-hybridized carbons (Fsp3) is 0.433. The predicted molar refractivity (Wildman–Crippen MR) is 158 cm³/mol. The fourth-order valence-corrected chi connectivity index (χ4v) is 6.72. The standard InChI is InChI=1S/C30H36N6O2S/c1-20-5-7-24-27(31)28(39-30(24)34-20)29(37)32-12-9-21-6-8-26(35-13-3-2-4-14-35)25(17-21)22-18-33-36(19-22)23-10-15-38-16-11-23/h5-8,17-19,23H,2-4,9-16,31H2,1H3,(H,32,37). The number of nitrogens with zero attached hydrogens (tertiary/aromatic N) is 4. The molecule has 3 aromatic heterocycles. The molecule has 0 radical (unpaired) electrons. The molecule has 0 unspecified atom stereocenters. The van der Waals surface area contributed by atoms with Crippen LogP contribution in [0.4, 0.5) is 11.4 Å². The molecule has 4 aromatic rings. The molecule has 0 bridgehead atoms. The van der Waals surface area contributed by atoms with E-state index < -0.39 is 0 Å². The van der Waals surface area contributed by atoms with Crippen molar-refractivity contribution in [3.8, 4) is 11.1 Å². The summed E-state index contributed by atoms with van der Waals surface area (Å²) in [6, 6.07) is 11.0. The second kappa shape index (κ2) is 11.4. The molecule has 1 amide bonds. The maximum Gasteiger partial charge on any atom is 0.263 e. The highest BCUT2D eigenvalue weighted by molar-refractivity contribution is 7.21. The molecule has 0 aliphatic carbocycles. The van der Waals surface area contributed by atoms with E-state index in [0.717, 1.165) is 67.0 Å². The van der Waals surface area contributed by atoms with Crippen LogP contribution in [-0.2, 0) is 11.2 Å². The van der Waals surface area contributed by atoms with Crippen LogP contribution in [0.5, 0.6) is 0 Å². The highest BCUT2D eigenvalue weighted by Crippen LogP contribution is 2.35. The zero-order chi connectivity index (χ0) is 26.8. The van der Waals surface area contributed by atoms with Gasteiger partial charge >= 0.3 is 0 Å². The van der Waals surface area contributed by atoms with Gasteiger partial charge in [0.15, 0.2) is 0 Å². The molecule has 2 fully saturated rings. The number of ether oxygens (including phenoxy) is 1. The Morgan fingerprint density at radius 3 is 2.79 bits per heavy atom. The van der Waals surface area contributed by atoms with Crippen LogP contribution in [0.1, 0.15) is 59.1 Å². The van der Waals surface area contributed by atoms with Crippen molar-refractivity contribution in [3.05, 3.63) is 58.9 Å². The number of carbonyl (C=O) groups is 1. The van der Waals surface area contributed by atoms with Gasteiger partial charge in [-0.25, -0.2) is 4.98 Å². The molecule has 0 spiro atoms. The summed E-state index contributed by atoms with van der Waals surface area (Å²) in [5.74, 6) is -0.143. The lowest BCUT2D eigenvalue weighted by atomic mass is 9.99. The molecular weight excluding hydrogens is 508 g/mol. The number of nitrogens with two attached hydrogens (primary N) is 1. The lowest BCUT2D eigenvalue weighted by Crippen LogP contribution is -2.30. The summed E-state index contributed by atoms with van der Waals surface area (Å²) in [4.78, 5) is 21.3. The molecule has 2 aliphatic heterocycles. The van der Waals surface area contributed by atoms with Gasteiger partial charge in [0.1, 0.15) is 9.71 Å². The minimum absolute atomic E-state index is 0.143. The first-order chi connectivity index (χ1) is 19.1. The third-order valence-corrected chi connectivity index (χ3v) is 8.99. The summed E-state index contributed by atoms with van der Waals surface area (Å²) in [7, 11) is 0. The van der Waals surface area contributed by atoms with Gasteiger partial charge in [0.25, 0.3) is 5.91 Å². The third-order valence-electron chi connectivity index (χ3n) is 7.87. The number of anilines is 2. The van der Waals surface area contributed by atoms with Crippen LogP contribution in [-0.4, -0.2) is 53.5 Å². The number of amides is 1. The van der Waals surface area contributed by atoms with Crippen LogP contribution in [0.2, 0.25) is 0 Å². The van der Waals surface area contributed by atoms with Crippen molar-refractivity contribution >= 4 is 38.8 Å². The lowest BCUT2D eigenvalue weighted by molar-refractivity contribution is 0.0662. The topological polar surface area (TPSA) is 98.3 Å². The van der Waals surface area contributed by atoms with Gasteiger partial charge in [0, 0.05) is 66.9 Å². The fourth-order valence-electron chi connectivity index (χ4n) is 5.67. The first-order valence-corrected chi connectivity index (χ1v) is 14.8. The number of piperidine rings is 1. The van der Waals surface area contributed by atoms with Crippen LogP contribution in [0, 0.1) is 6.92 Å². The number of pyridine rings is 1. The molecule has 1 aromatic carbocycles. The number of carbonyl (C=O) groups excluding carboxylic acids is 1. The van der Waals surface area contributed by atoms with E-state index in [0.29, 0.717) is 23.2 Å². The summed E-state index contributed by atoms with van der Waals surface area (Å²) in [6.07, 6.45) is 10.7. The molecule has 0 atom stereocenters. The summed E-state index contributed by atoms with van der Waals surface area (Å²) in [6.45, 7) is 6.23. The van der Waals surface area contributed by atoms with Gasteiger partial charge in [-0.2, -0.15) is 5.10 Å². The van der Waals surface area contributed by atoms with Crippen molar-refractivity contribution in [3.63, 3.8) is 0 Å². The van der Waals surface area contributed by atoms with E-state index in [9.17, 15) is 4.79 Å². The molecule has 0 saturated carbocycles. The van der Waals surface area contributed by atoms with Gasteiger partial charge in [-0.1, -0.05) is 6.07 Å². The Labute approximate surface area is 233 Å². The van der Waals surface area contributed by atoms with E-state index in [-0.39, 0.29) is 5.91 Å². The van der Waals surface area contributed by atoms with Crippen molar-refractivity contribution < 1.29 is 9.53 Å². The predicted octanol–water partition coefficient (Wildman–Crippen LogP) is 5.36. The Hall–Kier alpha value is -3.43. The minimum atomic E-state index is -0.143. The molecule has 3 N–H and O–H groups in total. The Bertz CT molecular complexity index is 1470. The minimum Gasteiger partial charge on any atom is -0.397 e. The van der Waals surface area contributed by atoms with E-state index >= 15 is 0 Å². The Morgan fingerprint density at radius 2 is 1.97 bits per heavy atom. The Morgan fingerprint density at radius 1 is 1.15 bits per heavy atom. The van der Waals surface area contributed by atoms with Crippen molar-refractivity contribution in [2.75, 3.05) is 43.5 Å². The molecule has 8 nitrogen and oxygen atoms in total. The highest BCUT2D eigenvalue weighted by atomic mass is 32.1. The molecule has 204 valence electrons. The van der Waals surface area contributed by atoms with Gasteiger partial charge in [0.2, 0.25) is 0 Å². The molecule has 2 saturated heterocycles. The average Bonchev–Trinajstić information content (AvgIpc) is 3.59. The number of hydrogen-bond donors (Lipinski definition) is 2. The van der Waals surface area contributed by atoms with E-state index in [2.05, 4.69) is 44.3 Å². The average molecular weight is 545 g/mol. The van der Waals surface area contributed by atoms with E-state index in [1.165, 1.54) is 47.4 Å². The van der Waals surface area contributed by atoms with Crippen LogP contribution < -0.4 is 16.0 Å². The van der Waals surface area contributed by atoms with E-state index in [1.54, 1.807) is 0 Å². The molecular formula is C30H36N6O2S. The van der Waals surface area contributed by atoms with Gasteiger partial charge in [-0.15, -0.1) is 11.3 Å². The second-order valence-electron chi connectivity index (χ2n) is 10.6. The number of fused-ring (bicyclic) bond motifs is 1. The summed E-state index contributed by atoms with van der Waals surface area (Å²) >= 11 is 1.35. The molecule has 5 heterocycles. The Kier molecular flexibility index (Phi) is 7.52. The SMILES string of the molecule is Cc1ccc2c(N)c(C(=O)NCCc3ccc(N4CCCCC4)c(-c4cnn(C5CCOCC5)c4)c3)sc2n1. The van der Waals surface area contributed by atoms with Gasteiger partial charge in [-0.05, 0) is 75.3 Å². The highest BCUT2D eigenvalue weighted by Gasteiger charge is 2.21. The smallest absolute Gasteiger partial charge is 0.263 e. The summed E-state index contributed by atoms with van der Waals surface area (Å²) in [5.41, 5.74) is 12.5. The maximum atomic E-state index is 13.0. The number of aryl methyl sites for hydroxylation is 1. The molecule has 9 heteroatoms. The van der Waals surface area contributed by atoms with Gasteiger partial charge in [0.05, 0.1) is 17.9 Å². The number of aromatic nitrogens is 3. The van der Waals surface area contributed by atoms with Crippen LogP contribution in [0.15, 0.2) is 42.7 Å². The number of nitrogen functional groups attached to an aromatic ring is 1. The maximum absolute atomic E-state index is 13.0.